The molecule has 0 radical (unpaired) electrons. The van der Waals surface area contributed by atoms with E-state index in [0.29, 0.717) is 43.2 Å². The number of nitro groups is 1. The number of methoxy groups -OCH3 is 1. The lowest BCUT2D eigenvalue weighted by molar-refractivity contribution is -0.385. The average Bonchev–Trinajstić information content (AvgIpc) is 3.46. The van der Waals surface area contributed by atoms with E-state index in [0.717, 1.165) is 4.68 Å². The average molecular weight is 650 g/mol. The van der Waals surface area contributed by atoms with Crippen molar-refractivity contribution < 1.29 is 18.8 Å². The highest BCUT2D eigenvalue weighted by Gasteiger charge is 2.22. The summed E-state index contributed by atoms with van der Waals surface area (Å²) in [6.45, 7) is -0.0796. The van der Waals surface area contributed by atoms with Crippen LogP contribution in [0.15, 0.2) is 93.2 Å². The first-order valence-electron chi connectivity index (χ1n) is 12.9. The highest BCUT2D eigenvalue weighted by molar-refractivity contribution is 6.42. The van der Waals surface area contributed by atoms with Crippen molar-refractivity contribution in [1.82, 2.24) is 9.66 Å². The number of ether oxygens (including phenoxy) is 2. The number of halogens is 3. The quantitative estimate of drug-likeness (QED) is 0.0926. The second-order valence-electron chi connectivity index (χ2n) is 9.43. The molecule has 220 valence electrons. The van der Waals surface area contributed by atoms with Gasteiger partial charge in [-0.3, -0.25) is 14.9 Å². The second-order valence-corrected chi connectivity index (χ2v) is 10.7. The molecule has 0 saturated heterocycles. The van der Waals surface area contributed by atoms with E-state index in [4.69, 9.17) is 48.7 Å². The molecular weight excluding hydrogens is 631 g/mol. The minimum absolute atomic E-state index is 0.0635. The Bertz CT molecular complexity index is 2180. The van der Waals surface area contributed by atoms with Crippen LogP contribution < -0.4 is 15.0 Å². The number of nitro benzene ring substituents is 1. The third-order valence-electron chi connectivity index (χ3n) is 6.65. The Morgan fingerprint density at radius 3 is 2.59 bits per heavy atom. The molecule has 0 saturated carbocycles. The van der Waals surface area contributed by atoms with Gasteiger partial charge in [0.2, 0.25) is 11.6 Å². The van der Waals surface area contributed by atoms with Gasteiger partial charge in [-0.1, -0.05) is 59.1 Å². The molecule has 0 fully saturated rings. The summed E-state index contributed by atoms with van der Waals surface area (Å²) in [6, 6.07) is 21.3. The lowest BCUT2D eigenvalue weighted by Gasteiger charge is -2.11. The lowest BCUT2D eigenvalue weighted by atomic mass is 10.2. The van der Waals surface area contributed by atoms with Gasteiger partial charge in [0, 0.05) is 16.7 Å². The fraction of sp³-hybridized carbons (Fsp3) is 0.0645. The molecule has 10 nitrogen and oxygen atoms in total. The van der Waals surface area contributed by atoms with Crippen LogP contribution in [-0.4, -0.2) is 27.9 Å². The van der Waals surface area contributed by atoms with Crippen molar-refractivity contribution in [1.29, 1.82) is 0 Å². The minimum Gasteiger partial charge on any atom is -0.496 e. The summed E-state index contributed by atoms with van der Waals surface area (Å²) in [7, 11) is 1.54. The van der Waals surface area contributed by atoms with E-state index in [-0.39, 0.29) is 34.5 Å². The van der Waals surface area contributed by atoms with Crippen LogP contribution >= 0.6 is 34.8 Å². The maximum Gasteiger partial charge on any atom is 0.313 e. The van der Waals surface area contributed by atoms with Crippen molar-refractivity contribution in [3.05, 3.63) is 126 Å². The fourth-order valence-electron chi connectivity index (χ4n) is 4.61. The van der Waals surface area contributed by atoms with Crippen LogP contribution in [0.25, 0.3) is 33.5 Å². The van der Waals surface area contributed by atoms with Crippen LogP contribution in [0.4, 0.5) is 5.69 Å². The Balaban J connectivity index is 1.50. The molecule has 2 heterocycles. The number of aromatic nitrogens is 2. The molecule has 0 unspecified atom stereocenters. The van der Waals surface area contributed by atoms with E-state index in [9.17, 15) is 14.9 Å². The number of furan rings is 1. The molecule has 2 aromatic heterocycles. The van der Waals surface area contributed by atoms with Crippen LogP contribution in [0.3, 0.4) is 0 Å². The number of hydrogen-bond acceptors (Lipinski definition) is 8. The first-order chi connectivity index (χ1) is 21.2. The van der Waals surface area contributed by atoms with Gasteiger partial charge < -0.3 is 13.9 Å². The topological polar surface area (TPSA) is 122 Å². The normalized spacial score (nSPS) is 11.5. The Labute approximate surface area is 263 Å². The molecule has 13 heteroatoms. The van der Waals surface area contributed by atoms with Crippen LogP contribution in [-0.2, 0) is 6.61 Å². The molecule has 0 N–H and O–H groups in total. The standard InChI is InChI=1S/C31H19Cl3N4O6/c1-42-26-7-4-8-27-21(26)14-28(44-27)30-36-24-6-3-2-5-20(24)31(39)37(30)35-15-18-12-19(32)13-25(38(40)41)29(18)43-16-17-9-10-22(33)23(34)11-17/h2-15H,16H2,1H3. The fourth-order valence-corrected chi connectivity index (χ4v) is 5.15. The van der Waals surface area contributed by atoms with Crippen molar-refractivity contribution in [2.24, 2.45) is 5.10 Å². The van der Waals surface area contributed by atoms with Gasteiger partial charge in [0.1, 0.15) is 17.9 Å². The number of benzene rings is 4. The van der Waals surface area contributed by atoms with Gasteiger partial charge in [-0.2, -0.15) is 9.78 Å². The first kappa shape index (κ1) is 29.2. The molecule has 0 spiro atoms. The number of rotatable bonds is 8. The molecule has 6 rings (SSSR count). The molecule has 44 heavy (non-hydrogen) atoms. The summed E-state index contributed by atoms with van der Waals surface area (Å²) in [5, 5.41) is 18.1. The molecule has 0 atom stereocenters. The van der Waals surface area contributed by atoms with Crippen molar-refractivity contribution in [3.63, 3.8) is 0 Å². The Kier molecular flexibility index (Phi) is 7.96. The van der Waals surface area contributed by atoms with Gasteiger partial charge in [-0.25, -0.2) is 4.98 Å². The van der Waals surface area contributed by atoms with Gasteiger partial charge >= 0.3 is 5.69 Å². The third kappa shape index (κ3) is 5.58. The number of para-hydroxylation sites is 1. The minimum atomic E-state index is -0.621. The summed E-state index contributed by atoms with van der Waals surface area (Å²) in [5.41, 5.74) is 0.804. The van der Waals surface area contributed by atoms with Crippen molar-refractivity contribution in [3.8, 4) is 23.1 Å². The van der Waals surface area contributed by atoms with Gasteiger partial charge in [-0.05, 0) is 54.1 Å². The molecule has 0 aliphatic heterocycles. The van der Waals surface area contributed by atoms with Crippen molar-refractivity contribution in [2.75, 3.05) is 7.11 Å². The van der Waals surface area contributed by atoms with Gasteiger partial charge in [0.15, 0.2) is 5.76 Å². The number of nitrogens with zero attached hydrogens (tertiary/aromatic N) is 4. The summed E-state index contributed by atoms with van der Waals surface area (Å²) in [6.07, 6.45) is 1.24. The maximum absolute atomic E-state index is 13.7. The second kappa shape index (κ2) is 12.0. The van der Waals surface area contributed by atoms with Gasteiger partial charge in [0.05, 0.1) is 44.6 Å². The predicted octanol–water partition coefficient (Wildman–Crippen LogP) is 8.15. The Morgan fingerprint density at radius 2 is 1.82 bits per heavy atom. The van der Waals surface area contributed by atoms with Crippen LogP contribution in [0, 0.1) is 10.1 Å². The summed E-state index contributed by atoms with van der Waals surface area (Å²) >= 11 is 18.4. The zero-order chi connectivity index (χ0) is 31.0. The van der Waals surface area contributed by atoms with Crippen molar-refractivity contribution >= 4 is 68.6 Å². The van der Waals surface area contributed by atoms with Crippen molar-refractivity contribution in [2.45, 2.75) is 6.61 Å². The molecule has 0 bridgehead atoms. The maximum atomic E-state index is 13.7. The van der Waals surface area contributed by atoms with Gasteiger partial charge in [-0.15, -0.1) is 0 Å². The summed E-state index contributed by atoms with van der Waals surface area (Å²) < 4.78 is 18.5. The van der Waals surface area contributed by atoms with E-state index >= 15 is 0 Å². The van der Waals surface area contributed by atoms with Crippen LogP contribution in [0.1, 0.15) is 11.1 Å². The Hall–Kier alpha value is -4.90. The van der Waals surface area contributed by atoms with E-state index < -0.39 is 16.2 Å². The Morgan fingerprint density at radius 1 is 1.00 bits per heavy atom. The monoisotopic (exact) mass is 648 g/mol. The number of hydrogen-bond donors (Lipinski definition) is 0. The molecule has 0 aliphatic rings. The molecule has 0 amide bonds. The first-order valence-corrected chi connectivity index (χ1v) is 14.0. The smallest absolute Gasteiger partial charge is 0.313 e. The van der Waals surface area contributed by atoms with Crippen LogP contribution in [0.2, 0.25) is 15.1 Å². The molecular formula is C31H19Cl3N4O6. The van der Waals surface area contributed by atoms with E-state index in [1.165, 1.54) is 18.3 Å². The highest BCUT2D eigenvalue weighted by Crippen LogP contribution is 2.36. The highest BCUT2D eigenvalue weighted by atomic mass is 35.5. The number of fused-ring (bicyclic) bond motifs is 2. The largest absolute Gasteiger partial charge is 0.496 e. The van der Waals surface area contributed by atoms with Crippen LogP contribution in [0.5, 0.6) is 11.5 Å². The van der Waals surface area contributed by atoms with Gasteiger partial charge in [0.25, 0.3) is 5.56 Å². The zero-order valence-electron chi connectivity index (χ0n) is 22.7. The molecule has 0 aliphatic carbocycles. The zero-order valence-corrected chi connectivity index (χ0v) is 24.9. The van der Waals surface area contributed by atoms with E-state index in [2.05, 4.69) is 10.1 Å². The molecule has 6 aromatic rings. The third-order valence-corrected chi connectivity index (χ3v) is 7.61. The summed E-state index contributed by atoms with van der Waals surface area (Å²) in [5.74, 6) is 0.799. The SMILES string of the molecule is COc1cccc2oc(-c3nc4ccccc4c(=O)n3N=Cc3cc(Cl)cc([N+](=O)[O-])c3OCc3ccc(Cl)c(Cl)c3)cc12. The lowest BCUT2D eigenvalue weighted by Crippen LogP contribution is -2.20. The van der Waals surface area contributed by atoms with E-state index in [1.807, 2.05) is 0 Å². The predicted molar refractivity (Wildman–Crippen MR) is 170 cm³/mol. The van der Waals surface area contributed by atoms with E-state index in [1.54, 1.807) is 73.8 Å². The molecule has 4 aromatic carbocycles. The summed E-state index contributed by atoms with van der Waals surface area (Å²) in [4.78, 5) is 29.8.